The molecule has 0 aliphatic heterocycles. The minimum atomic E-state index is -0.0248. The topological polar surface area (TPSA) is 68.0 Å². The standard InChI is InChI=1S/C15H17N3O2/c1-9(2)13-14(17-6-5-16-13)18-15(19)11-8-10(11)12-4-3-7-20-12/h3-7,9-11H,8H2,1-2H3,(H,17,18,19)/t10-,11-/m1/s1. The Bertz CT molecular complexity index is 607. The number of anilines is 1. The Morgan fingerprint density at radius 2 is 2.20 bits per heavy atom. The van der Waals surface area contributed by atoms with Gasteiger partial charge in [0.15, 0.2) is 5.82 Å². The van der Waals surface area contributed by atoms with Gasteiger partial charge >= 0.3 is 0 Å². The SMILES string of the molecule is CC(C)c1nccnc1NC(=O)[C@@H]1C[C@H]1c1ccco1. The average molecular weight is 271 g/mol. The molecule has 0 saturated heterocycles. The lowest BCUT2D eigenvalue weighted by Crippen LogP contribution is -2.17. The lowest BCUT2D eigenvalue weighted by molar-refractivity contribution is -0.117. The molecule has 2 heterocycles. The first-order valence-corrected chi connectivity index (χ1v) is 6.82. The lowest BCUT2D eigenvalue weighted by atomic mass is 10.1. The fourth-order valence-electron chi connectivity index (χ4n) is 2.38. The molecule has 1 aliphatic carbocycles. The lowest BCUT2D eigenvalue weighted by Gasteiger charge is -2.10. The van der Waals surface area contributed by atoms with Gasteiger partial charge in [-0.1, -0.05) is 13.8 Å². The molecule has 0 radical (unpaired) electrons. The maximum atomic E-state index is 12.2. The van der Waals surface area contributed by atoms with E-state index in [9.17, 15) is 4.79 Å². The van der Waals surface area contributed by atoms with Crippen LogP contribution >= 0.6 is 0 Å². The number of furan rings is 1. The quantitative estimate of drug-likeness (QED) is 0.928. The predicted octanol–water partition coefficient (Wildman–Crippen LogP) is 2.94. The number of rotatable bonds is 4. The summed E-state index contributed by atoms with van der Waals surface area (Å²) in [6, 6.07) is 3.77. The summed E-state index contributed by atoms with van der Waals surface area (Å²) in [6.07, 6.45) is 5.71. The van der Waals surface area contributed by atoms with Crippen LogP contribution in [0.15, 0.2) is 35.2 Å². The van der Waals surface area contributed by atoms with E-state index in [0.29, 0.717) is 5.82 Å². The van der Waals surface area contributed by atoms with E-state index in [1.807, 2.05) is 26.0 Å². The van der Waals surface area contributed by atoms with Crippen LogP contribution in [-0.2, 0) is 4.79 Å². The molecule has 1 N–H and O–H groups in total. The Morgan fingerprint density at radius 3 is 2.90 bits per heavy atom. The molecule has 2 aromatic heterocycles. The van der Waals surface area contributed by atoms with Crippen LogP contribution in [-0.4, -0.2) is 15.9 Å². The Balaban J connectivity index is 1.69. The van der Waals surface area contributed by atoms with E-state index in [0.717, 1.165) is 17.9 Å². The summed E-state index contributed by atoms with van der Waals surface area (Å²) in [6.45, 7) is 4.06. The summed E-state index contributed by atoms with van der Waals surface area (Å²) >= 11 is 0. The van der Waals surface area contributed by atoms with Crippen molar-refractivity contribution in [2.75, 3.05) is 5.32 Å². The number of aromatic nitrogens is 2. The molecule has 5 heteroatoms. The van der Waals surface area contributed by atoms with E-state index >= 15 is 0 Å². The highest BCUT2D eigenvalue weighted by Gasteiger charge is 2.46. The van der Waals surface area contributed by atoms with Gasteiger partial charge in [-0.15, -0.1) is 0 Å². The van der Waals surface area contributed by atoms with Crippen molar-refractivity contribution in [1.29, 1.82) is 0 Å². The molecular formula is C15H17N3O2. The zero-order valence-corrected chi connectivity index (χ0v) is 11.5. The molecule has 5 nitrogen and oxygen atoms in total. The summed E-state index contributed by atoms with van der Waals surface area (Å²) in [7, 11) is 0. The largest absolute Gasteiger partial charge is 0.469 e. The zero-order chi connectivity index (χ0) is 14.1. The fraction of sp³-hybridized carbons (Fsp3) is 0.400. The summed E-state index contributed by atoms with van der Waals surface area (Å²) in [5.41, 5.74) is 0.816. The van der Waals surface area contributed by atoms with E-state index in [2.05, 4.69) is 15.3 Å². The van der Waals surface area contributed by atoms with Crippen molar-refractivity contribution in [3.8, 4) is 0 Å². The minimum Gasteiger partial charge on any atom is -0.469 e. The molecule has 0 spiro atoms. The van der Waals surface area contributed by atoms with E-state index in [-0.39, 0.29) is 23.7 Å². The van der Waals surface area contributed by atoms with Gasteiger partial charge in [0.2, 0.25) is 5.91 Å². The van der Waals surface area contributed by atoms with E-state index < -0.39 is 0 Å². The van der Waals surface area contributed by atoms with Crippen molar-refractivity contribution >= 4 is 11.7 Å². The summed E-state index contributed by atoms with van der Waals surface area (Å²) in [4.78, 5) is 20.7. The van der Waals surface area contributed by atoms with Crippen LogP contribution in [0.4, 0.5) is 5.82 Å². The highest BCUT2D eigenvalue weighted by molar-refractivity contribution is 5.94. The number of carbonyl (C=O) groups is 1. The smallest absolute Gasteiger partial charge is 0.229 e. The molecule has 2 aromatic rings. The van der Waals surface area contributed by atoms with Gasteiger partial charge in [0.1, 0.15) is 5.76 Å². The third-order valence-electron chi connectivity index (χ3n) is 3.55. The number of nitrogens with one attached hydrogen (secondary N) is 1. The van der Waals surface area contributed by atoms with Crippen LogP contribution in [0.2, 0.25) is 0 Å². The van der Waals surface area contributed by atoms with Crippen LogP contribution in [0.3, 0.4) is 0 Å². The van der Waals surface area contributed by atoms with Gasteiger partial charge in [-0.05, 0) is 24.5 Å². The molecule has 1 amide bonds. The summed E-state index contributed by atoms with van der Waals surface area (Å²) < 4.78 is 5.34. The second kappa shape index (κ2) is 5.07. The summed E-state index contributed by atoms with van der Waals surface area (Å²) in [5, 5.41) is 2.89. The number of hydrogen-bond acceptors (Lipinski definition) is 4. The first kappa shape index (κ1) is 12.8. The Hall–Kier alpha value is -2.17. The Morgan fingerprint density at radius 1 is 1.40 bits per heavy atom. The monoisotopic (exact) mass is 271 g/mol. The Kier molecular flexibility index (Phi) is 3.26. The second-order valence-electron chi connectivity index (χ2n) is 5.40. The molecule has 0 unspecified atom stereocenters. The maximum Gasteiger partial charge on any atom is 0.229 e. The molecule has 0 aromatic carbocycles. The van der Waals surface area contributed by atoms with Gasteiger partial charge < -0.3 is 9.73 Å². The van der Waals surface area contributed by atoms with Gasteiger partial charge in [0.25, 0.3) is 0 Å². The minimum absolute atomic E-state index is 0.00574. The van der Waals surface area contributed by atoms with Gasteiger partial charge in [0, 0.05) is 24.2 Å². The highest BCUT2D eigenvalue weighted by Crippen LogP contribution is 2.48. The number of amides is 1. The number of hydrogen-bond donors (Lipinski definition) is 1. The second-order valence-corrected chi connectivity index (χ2v) is 5.40. The zero-order valence-electron chi connectivity index (χ0n) is 11.5. The maximum absolute atomic E-state index is 12.2. The first-order chi connectivity index (χ1) is 9.66. The van der Waals surface area contributed by atoms with Gasteiger partial charge in [-0.3, -0.25) is 9.78 Å². The van der Waals surface area contributed by atoms with Crippen molar-refractivity contribution in [3.05, 3.63) is 42.2 Å². The van der Waals surface area contributed by atoms with Crippen molar-refractivity contribution < 1.29 is 9.21 Å². The highest BCUT2D eigenvalue weighted by atomic mass is 16.3. The van der Waals surface area contributed by atoms with Crippen LogP contribution in [0.25, 0.3) is 0 Å². The van der Waals surface area contributed by atoms with Gasteiger partial charge in [0.05, 0.1) is 12.0 Å². The van der Waals surface area contributed by atoms with E-state index in [1.54, 1.807) is 18.7 Å². The van der Waals surface area contributed by atoms with Crippen molar-refractivity contribution in [3.63, 3.8) is 0 Å². The molecule has 104 valence electrons. The Labute approximate surface area is 117 Å². The predicted molar refractivity (Wildman–Crippen MR) is 74.3 cm³/mol. The molecule has 1 saturated carbocycles. The van der Waals surface area contributed by atoms with Gasteiger partial charge in [-0.25, -0.2) is 4.98 Å². The number of carbonyl (C=O) groups excluding carboxylic acids is 1. The normalized spacial score (nSPS) is 20.9. The molecule has 2 atom stereocenters. The molecule has 1 aliphatic rings. The van der Waals surface area contributed by atoms with Crippen molar-refractivity contribution in [2.45, 2.75) is 32.1 Å². The van der Waals surface area contributed by atoms with Gasteiger partial charge in [-0.2, -0.15) is 0 Å². The van der Waals surface area contributed by atoms with E-state index in [4.69, 9.17) is 4.42 Å². The van der Waals surface area contributed by atoms with Crippen LogP contribution in [0, 0.1) is 5.92 Å². The third-order valence-corrected chi connectivity index (χ3v) is 3.55. The average Bonchev–Trinajstić information content (AvgIpc) is 3.05. The van der Waals surface area contributed by atoms with E-state index in [1.165, 1.54) is 0 Å². The molecule has 0 bridgehead atoms. The fourth-order valence-corrected chi connectivity index (χ4v) is 2.38. The molecule has 20 heavy (non-hydrogen) atoms. The number of nitrogens with zero attached hydrogens (tertiary/aromatic N) is 2. The molecular weight excluding hydrogens is 254 g/mol. The van der Waals surface area contributed by atoms with Crippen molar-refractivity contribution in [2.24, 2.45) is 5.92 Å². The molecule has 3 rings (SSSR count). The third kappa shape index (κ3) is 2.43. The van der Waals surface area contributed by atoms with Crippen LogP contribution in [0.1, 0.15) is 43.6 Å². The van der Waals surface area contributed by atoms with Crippen molar-refractivity contribution in [1.82, 2.24) is 9.97 Å². The van der Waals surface area contributed by atoms with Crippen LogP contribution < -0.4 is 5.32 Å². The molecule has 1 fully saturated rings. The van der Waals surface area contributed by atoms with Crippen LogP contribution in [0.5, 0.6) is 0 Å². The first-order valence-electron chi connectivity index (χ1n) is 6.82. The summed E-state index contributed by atoms with van der Waals surface area (Å²) in [5.74, 6) is 1.84.